The van der Waals surface area contributed by atoms with Crippen molar-refractivity contribution >= 4 is 36.0 Å². The van der Waals surface area contributed by atoms with E-state index in [-0.39, 0.29) is 29.4 Å². The summed E-state index contributed by atoms with van der Waals surface area (Å²) in [6.07, 6.45) is 0. The van der Waals surface area contributed by atoms with E-state index in [9.17, 15) is 9.59 Å². The number of carboxylic acid groups (broad SMARTS) is 1. The molecule has 2 heterocycles. The first kappa shape index (κ1) is 12.4. The van der Waals surface area contributed by atoms with Gasteiger partial charge >= 0.3 is 5.97 Å². The average molecular weight is 251 g/mol. The minimum Gasteiger partial charge on any atom is -0.477 e. The smallest absolute Gasteiger partial charge is 0.352 e. The van der Waals surface area contributed by atoms with Gasteiger partial charge in [-0.3, -0.25) is 9.69 Å². The van der Waals surface area contributed by atoms with Gasteiger partial charge in [0.05, 0.1) is 0 Å². The third-order valence-electron chi connectivity index (χ3n) is 2.40. The molecule has 0 aromatic heterocycles. The van der Waals surface area contributed by atoms with Crippen LogP contribution in [0, 0.1) is 0 Å². The molecule has 2 atom stereocenters. The molecule has 2 rings (SSSR count). The van der Waals surface area contributed by atoms with Gasteiger partial charge in [0.25, 0.3) is 0 Å². The SMILES string of the molecule is CC1=C(C(=O)O)N2C(=O)C(N)C2SC1.Cl. The van der Waals surface area contributed by atoms with Gasteiger partial charge in [-0.25, -0.2) is 4.79 Å². The zero-order chi connectivity index (χ0) is 10.5. The molecule has 84 valence electrons. The quantitative estimate of drug-likeness (QED) is 0.641. The molecule has 2 aliphatic rings. The van der Waals surface area contributed by atoms with Crippen LogP contribution in [0.5, 0.6) is 0 Å². The summed E-state index contributed by atoms with van der Waals surface area (Å²) in [4.78, 5) is 23.5. The standard InChI is InChI=1S/C8H10N2O3S.ClH/c1-3-2-14-7-4(9)6(11)10(7)5(3)8(12)13;/h4,7H,2,9H2,1H3,(H,12,13);1H. The molecule has 3 N–H and O–H groups in total. The second kappa shape index (κ2) is 4.03. The third-order valence-corrected chi connectivity index (χ3v) is 3.85. The summed E-state index contributed by atoms with van der Waals surface area (Å²) in [5.41, 5.74) is 6.39. The van der Waals surface area contributed by atoms with Crippen LogP contribution in [0.2, 0.25) is 0 Å². The monoisotopic (exact) mass is 250 g/mol. The molecule has 0 aliphatic carbocycles. The lowest BCUT2D eigenvalue weighted by Gasteiger charge is -2.47. The van der Waals surface area contributed by atoms with E-state index >= 15 is 0 Å². The lowest BCUT2D eigenvalue weighted by molar-refractivity contribution is -0.147. The van der Waals surface area contributed by atoms with Crippen LogP contribution >= 0.6 is 24.2 Å². The highest BCUT2D eigenvalue weighted by molar-refractivity contribution is 8.00. The van der Waals surface area contributed by atoms with Crippen LogP contribution in [0.4, 0.5) is 0 Å². The molecule has 0 aromatic carbocycles. The van der Waals surface area contributed by atoms with Gasteiger partial charge in [-0.1, -0.05) is 0 Å². The second-order valence-electron chi connectivity index (χ2n) is 3.37. The number of halogens is 1. The van der Waals surface area contributed by atoms with Crippen molar-refractivity contribution in [2.24, 2.45) is 5.73 Å². The van der Waals surface area contributed by atoms with Gasteiger partial charge in [-0.2, -0.15) is 0 Å². The lowest BCUT2D eigenvalue weighted by atomic mass is 10.0. The molecule has 1 amide bonds. The normalized spacial score (nSPS) is 29.2. The zero-order valence-electron chi connectivity index (χ0n) is 7.97. The molecule has 5 nitrogen and oxygen atoms in total. The maximum Gasteiger partial charge on any atom is 0.352 e. The number of nitrogens with two attached hydrogens (primary N) is 1. The van der Waals surface area contributed by atoms with Gasteiger partial charge in [0.2, 0.25) is 5.91 Å². The zero-order valence-corrected chi connectivity index (χ0v) is 9.60. The van der Waals surface area contributed by atoms with Crippen molar-refractivity contribution in [2.45, 2.75) is 18.3 Å². The van der Waals surface area contributed by atoms with Crippen molar-refractivity contribution < 1.29 is 14.7 Å². The van der Waals surface area contributed by atoms with E-state index in [4.69, 9.17) is 10.8 Å². The van der Waals surface area contributed by atoms with Crippen LogP contribution in [-0.4, -0.2) is 39.1 Å². The Bertz CT molecular complexity index is 358. The number of thioether (sulfide) groups is 1. The van der Waals surface area contributed by atoms with E-state index < -0.39 is 12.0 Å². The van der Waals surface area contributed by atoms with Crippen LogP contribution < -0.4 is 5.73 Å². The Morgan fingerprint density at radius 3 is 2.80 bits per heavy atom. The molecular formula is C8H11ClN2O3S. The van der Waals surface area contributed by atoms with Crippen molar-refractivity contribution in [1.29, 1.82) is 0 Å². The topological polar surface area (TPSA) is 83.6 Å². The maximum atomic E-state index is 11.3. The number of rotatable bonds is 1. The minimum atomic E-state index is -1.05. The largest absolute Gasteiger partial charge is 0.477 e. The number of hydrogen-bond donors (Lipinski definition) is 2. The summed E-state index contributed by atoms with van der Waals surface area (Å²) in [5, 5.41) is 8.75. The molecule has 15 heavy (non-hydrogen) atoms. The average Bonchev–Trinajstić information content (AvgIpc) is 2.15. The summed E-state index contributed by atoms with van der Waals surface area (Å²) < 4.78 is 0. The highest BCUT2D eigenvalue weighted by Gasteiger charge is 2.51. The molecule has 7 heteroatoms. The van der Waals surface area contributed by atoms with E-state index in [0.29, 0.717) is 5.75 Å². The first-order chi connectivity index (χ1) is 6.54. The van der Waals surface area contributed by atoms with Crippen molar-refractivity contribution in [1.82, 2.24) is 4.90 Å². The molecule has 2 unspecified atom stereocenters. The summed E-state index contributed by atoms with van der Waals surface area (Å²) in [6.45, 7) is 1.73. The molecule has 0 aromatic rings. The highest BCUT2D eigenvalue weighted by Crippen LogP contribution is 2.38. The van der Waals surface area contributed by atoms with E-state index in [1.54, 1.807) is 6.92 Å². The number of hydrogen-bond acceptors (Lipinski definition) is 4. The van der Waals surface area contributed by atoms with Gasteiger partial charge in [0.1, 0.15) is 17.1 Å². The number of amides is 1. The van der Waals surface area contributed by atoms with Gasteiger partial charge in [0, 0.05) is 5.75 Å². The Hall–Kier alpha value is -0.720. The summed E-state index contributed by atoms with van der Waals surface area (Å²) >= 11 is 1.51. The fraction of sp³-hybridized carbons (Fsp3) is 0.500. The van der Waals surface area contributed by atoms with Crippen LogP contribution in [-0.2, 0) is 9.59 Å². The van der Waals surface area contributed by atoms with E-state index in [2.05, 4.69) is 0 Å². The molecule has 0 saturated carbocycles. The van der Waals surface area contributed by atoms with Crippen molar-refractivity contribution in [3.63, 3.8) is 0 Å². The Balaban J connectivity index is 0.00000112. The summed E-state index contributed by atoms with van der Waals surface area (Å²) in [5.74, 6) is -0.712. The fourth-order valence-corrected chi connectivity index (χ4v) is 2.91. The van der Waals surface area contributed by atoms with Gasteiger partial charge in [-0.05, 0) is 12.5 Å². The molecule has 0 spiro atoms. The van der Waals surface area contributed by atoms with Crippen molar-refractivity contribution in [3.8, 4) is 0 Å². The van der Waals surface area contributed by atoms with Gasteiger partial charge in [-0.15, -0.1) is 24.2 Å². The molecule has 0 radical (unpaired) electrons. The van der Waals surface area contributed by atoms with E-state index in [0.717, 1.165) is 5.57 Å². The van der Waals surface area contributed by atoms with Crippen LogP contribution in [0.1, 0.15) is 6.92 Å². The number of fused-ring (bicyclic) bond motifs is 1. The van der Waals surface area contributed by atoms with Crippen LogP contribution in [0.3, 0.4) is 0 Å². The molecule has 0 bridgehead atoms. The predicted octanol–water partition coefficient (Wildman–Crippen LogP) is 0.00920. The number of nitrogens with zero attached hydrogens (tertiary/aromatic N) is 1. The van der Waals surface area contributed by atoms with E-state index in [1.165, 1.54) is 16.7 Å². The van der Waals surface area contributed by atoms with Gasteiger partial charge in [0.15, 0.2) is 0 Å². The number of carbonyl (C=O) groups is 2. The lowest BCUT2D eigenvalue weighted by Crippen LogP contribution is -2.68. The number of carbonyl (C=O) groups excluding carboxylic acids is 1. The molecular weight excluding hydrogens is 240 g/mol. The van der Waals surface area contributed by atoms with Crippen molar-refractivity contribution in [3.05, 3.63) is 11.3 Å². The number of aliphatic carboxylic acids is 1. The summed E-state index contributed by atoms with van der Waals surface area (Å²) in [7, 11) is 0. The Morgan fingerprint density at radius 1 is 1.67 bits per heavy atom. The molecule has 1 fully saturated rings. The Kier molecular flexibility index (Phi) is 3.32. The predicted molar refractivity (Wildman–Crippen MR) is 58.7 cm³/mol. The van der Waals surface area contributed by atoms with Gasteiger partial charge < -0.3 is 10.8 Å². The first-order valence-electron chi connectivity index (χ1n) is 4.17. The Morgan fingerprint density at radius 2 is 2.27 bits per heavy atom. The second-order valence-corrected chi connectivity index (χ2v) is 4.47. The highest BCUT2D eigenvalue weighted by atomic mass is 35.5. The Labute approximate surface area is 97.1 Å². The third kappa shape index (κ3) is 1.62. The minimum absolute atomic E-state index is 0. The van der Waals surface area contributed by atoms with Crippen LogP contribution in [0.15, 0.2) is 11.3 Å². The summed E-state index contributed by atoms with van der Waals surface area (Å²) in [6, 6.07) is -0.539. The maximum absolute atomic E-state index is 11.3. The van der Waals surface area contributed by atoms with Crippen LogP contribution in [0.25, 0.3) is 0 Å². The fourth-order valence-electron chi connectivity index (χ4n) is 1.67. The van der Waals surface area contributed by atoms with E-state index in [1.807, 2.05) is 0 Å². The number of carboxylic acids is 1. The molecule has 1 saturated heterocycles. The van der Waals surface area contributed by atoms with Crippen molar-refractivity contribution in [2.75, 3.05) is 5.75 Å². The molecule has 2 aliphatic heterocycles. The number of β-lactam (4-membered cyclic amide) rings is 1. The first-order valence-corrected chi connectivity index (χ1v) is 5.22.